The standard InChI is InChI=1S/C19H22F2N8O2S.C2H6/c1-9-3-4-15(32-9)14-7-25-17-12(29(24)13(6-22)16(20)21)5-11(8-28(14)17)19(31)26-10(2)18(30)27-23;1-2/h3-8,10,16H,22-24H2,1-2H3,(H,26,31)(H,27,30);1-2H3/b13-6-;/t10-;/m0./s1. The zero-order valence-electron chi connectivity index (χ0n) is 19.2. The Morgan fingerprint density at radius 2 is 1.97 bits per heavy atom. The maximum atomic E-state index is 13.4. The minimum absolute atomic E-state index is 0.0186. The average Bonchev–Trinajstić information content (AvgIpc) is 3.44. The van der Waals surface area contributed by atoms with Crippen LogP contribution in [0.1, 0.15) is 36.0 Å². The van der Waals surface area contributed by atoms with Crippen molar-refractivity contribution in [1.82, 2.24) is 20.1 Å². The van der Waals surface area contributed by atoms with E-state index in [1.807, 2.05) is 38.3 Å². The maximum absolute atomic E-state index is 13.4. The second-order valence-corrected chi connectivity index (χ2v) is 8.12. The lowest BCUT2D eigenvalue weighted by atomic mass is 10.2. The topological polar surface area (TPSA) is 157 Å². The third kappa shape index (κ3) is 5.50. The minimum Gasteiger partial charge on any atom is -0.403 e. The van der Waals surface area contributed by atoms with E-state index >= 15 is 0 Å². The van der Waals surface area contributed by atoms with Crippen LogP contribution in [0.2, 0.25) is 0 Å². The predicted octanol–water partition coefficient (Wildman–Crippen LogP) is 2.25. The Kier molecular flexibility index (Phi) is 9.06. The summed E-state index contributed by atoms with van der Waals surface area (Å²) in [5.74, 6) is 9.80. The number of alkyl halides is 2. The Bertz CT molecular complexity index is 1190. The number of fused-ring (bicyclic) bond motifs is 1. The van der Waals surface area contributed by atoms with Crippen molar-refractivity contribution < 1.29 is 18.4 Å². The van der Waals surface area contributed by atoms with Crippen molar-refractivity contribution in [3.05, 3.63) is 52.9 Å². The van der Waals surface area contributed by atoms with E-state index in [1.165, 1.54) is 30.5 Å². The molecule has 34 heavy (non-hydrogen) atoms. The Morgan fingerprint density at radius 1 is 1.29 bits per heavy atom. The molecule has 3 aromatic rings. The van der Waals surface area contributed by atoms with E-state index in [0.717, 1.165) is 9.75 Å². The molecule has 13 heteroatoms. The van der Waals surface area contributed by atoms with E-state index < -0.39 is 30.0 Å². The van der Waals surface area contributed by atoms with E-state index in [9.17, 15) is 18.4 Å². The first-order chi connectivity index (χ1) is 16.2. The molecule has 0 radical (unpaired) electrons. The summed E-state index contributed by atoms with van der Waals surface area (Å²) >= 11 is 1.50. The van der Waals surface area contributed by atoms with Gasteiger partial charge in [0.1, 0.15) is 17.4 Å². The summed E-state index contributed by atoms with van der Waals surface area (Å²) in [5.41, 5.74) is 7.55. The molecule has 8 N–H and O–H groups in total. The quantitative estimate of drug-likeness (QED) is 0.191. The molecule has 0 saturated carbocycles. The molecule has 0 aliphatic carbocycles. The molecule has 0 spiro atoms. The van der Waals surface area contributed by atoms with Gasteiger partial charge >= 0.3 is 0 Å². The maximum Gasteiger partial charge on any atom is 0.281 e. The number of rotatable bonds is 7. The smallest absolute Gasteiger partial charge is 0.281 e. The van der Waals surface area contributed by atoms with Crippen molar-refractivity contribution in [3.8, 4) is 10.6 Å². The van der Waals surface area contributed by atoms with Gasteiger partial charge in [-0.25, -0.2) is 25.5 Å². The fourth-order valence-corrected chi connectivity index (χ4v) is 3.87. The van der Waals surface area contributed by atoms with E-state index in [0.29, 0.717) is 16.9 Å². The molecule has 10 nitrogen and oxygen atoms in total. The Morgan fingerprint density at radius 3 is 2.50 bits per heavy atom. The molecular weight excluding hydrogens is 466 g/mol. The van der Waals surface area contributed by atoms with Gasteiger partial charge in [-0.2, -0.15) is 0 Å². The van der Waals surface area contributed by atoms with Crippen LogP contribution in [0.3, 0.4) is 0 Å². The number of hydrogen-bond donors (Lipinski definition) is 5. The molecule has 3 aromatic heterocycles. The van der Waals surface area contributed by atoms with Crippen LogP contribution < -0.4 is 33.2 Å². The van der Waals surface area contributed by atoms with Crippen LogP contribution >= 0.6 is 11.3 Å². The summed E-state index contributed by atoms with van der Waals surface area (Å²) in [6.45, 7) is 7.38. The number of hydrogen-bond acceptors (Lipinski definition) is 8. The summed E-state index contributed by atoms with van der Waals surface area (Å²) in [6, 6.07) is 4.16. The molecule has 184 valence electrons. The van der Waals surface area contributed by atoms with Crippen molar-refractivity contribution >= 4 is 34.5 Å². The summed E-state index contributed by atoms with van der Waals surface area (Å²) in [5, 5.41) is 3.17. The Balaban J connectivity index is 0.00000199. The molecule has 3 heterocycles. The van der Waals surface area contributed by atoms with E-state index in [4.69, 9.17) is 17.4 Å². The monoisotopic (exact) mass is 494 g/mol. The van der Waals surface area contributed by atoms with Gasteiger partial charge in [0.05, 0.1) is 22.3 Å². The first-order valence-corrected chi connectivity index (χ1v) is 11.1. The Hall–Kier alpha value is -3.55. The number of allylic oxidation sites excluding steroid dienone is 1. The number of aryl methyl sites for hydroxylation is 1. The molecule has 3 rings (SSSR count). The number of halogens is 2. The number of nitrogens with two attached hydrogens (primary N) is 3. The van der Waals surface area contributed by atoms with Gasteiger partial charge < -0.3 is 11.1 Å². The SMILES string of the molecule is CC.Cc1ccc(-c2cnc3c(N(N)/C(=C\N)C(F)F)cc(C(=O)N[C@@H](C)C(=O)NN)cn23)s1. The molecular formula is C21H28F2N8O2S. The summed E-state index contributed by atoms with van der Waals surface area (Å²) in [4.78, 5) is 30.7. The summed E-state index contributed by atoms with van der Waals surface area (Å²) < 4.78 is 28.4. The van der Waals surface area contributed by atoms with Crippen molar-refractivity contribution in [2.24, 2.45) is 17.4 Å². The van der Waals surface area contributed by atoms with Gasteiger partial charge in [-0.3, -0.25) is 24.4 Å². The number of aromatic nitrogens is 2. The van der Waals surface area contributed by atoms with Gasteiger partial charge in [0.2, 0.25) is 0 Å². The summed E-state index contributed by atoms with van der Waals surface area (Å²) in [7, 11) is 0. The first kappa shape index (κ1) is 26.7. The molecule has 2 amide bonds. The number of amides is 2. The minimum atomic E-state index is -2.97. The summed E-state index contributed by atoms with van der Waals surface area (Å²) in [6.07, 6.45) is 0.762. The molecule has 0 aliphatic rings. The van der Waals surface area contributed by atoms with Crippen LogP contribution in [0.4, 0.5) is 14.5 Å². The third-order valence-corrected chi connectivity index (χ3v) is 5.68. The van der Waals surface area contributed by atoms with Gasteiger partial charge in [-0.1, -0.05) is 13.8 Å². The number of pyridine rings is 1. The molecule has 0 aromatic carbocycles. The highest BCUT2D eigenvalue weighted by Crippen LogP contribution is 2.32. The van der Waals surface area contributed by atoms with E-state index in [1.54, 1.807) is 10.6 Å². The second-order valence-electron chi connectivity index (χ2n) is 6.83. The molecule has 0 bridgehead atoms. The lowest BCUT2D eigenvalue weighted by molar-refractivity contribution is -0.122. The van der Waals surface area contributed by atoms with Crippen molar-refractivity contribution in [2.75, 3.05) is 5.01 Å². The number of carbonyl (C=O) groups is 2. The fraction of sp³-hybridized carbons (Fsp3) is 0.286. The molecule has 0 aliphatic heterocycles. The van der Waals surface area contributed by atoms with Crippen LogP contribution in [0, 0.1) is 6.92 Å². The molecule has 0 fully saturated rings. The van der Waals surface area contributed by atoms with Crippen molar-refractivity contribution in [3.63, 3.8) is 0 Å². The van der Waals surface area contributed by atoms with Crippen molar-refractivity contribution in [1.29, 1.82) is 0 Å². The number of carbonyl (C=O) groups excluding carboxylic acids is 2. The van der Waals surface area contributed by atoms with E-state index in [-0.39, 0.29) is 16.9 Å². The fourth-order valence-electron chi connectivity index (χ4n) is 2.99. The van der Waals surface area contributed by atoms with Crippen molar-refractivity contribution in [2.45, 2.75) is 40.2 Å². The van der Waals surface area contributed by atoms with Gasteiger partial charge in [0, 0.05) is 17.3 Å². The zero-order chi connectivity index (χ0) is 25.6. The number of nitrogens with zero attached hydrogens (tertiary/aromatic N) is 3. The third-order valence-electron chi connectivity index (χ3n) is 4.66. The second kappa shape index (κ2) is 11.5. The highest BCUT2D eigenvalue weighted by Gasteiger charge is 2.24. The van der Waals surface area contributed by atoms with Crippen LogP contribution in [0.15, 0.2) is 42.5 Å². The molecule has 0 unspecified atom stereocenters. The van der Waals surface area contributed by atoms with Gasteiger partial charge in [0.15, 0.2) is 5.65 Å². The highest BCUT2D eigenvalue weighted by atomic mass is 32.1. The van der Waals surface area contributed by atoms with Crippen LogP contribution in [-0.2, 0) is 4.79 Å². The van der Waals surface area contributed by atoms with Crippen LogP contribution in [-0.4, -0.2) is 33.7 Å². The van der Waals surface area contributed by atoms with E-state index in [2.05, 4.69) is 10.3 Å². The number of thiophene rings is 1. The average molecular weight is 495 g/mol. The number of anilines is 1. The zero-order valence-corrected chi connectivity index (χ0v) is 20.0. The molecule has 0 saturated heterocycles. The highest BCUT2D eigenvalue weighted by molar-refractivity contribution is 7.15. The normalized spacial score (nSPS) is 12.2. The number of hydrazine groups is 2. The predicted molar refractivity (Wildman–Crippen MR) is 129 cm³/mol. The van der Waals surface area contributed by atoms with Crippen LogP contribution in [0.25, 0.3) is 16.2 Å². The number of imidazole rings is 1. The lowest BCUT2D eigenvalue weighted by Gasteiger charge is -2.22. The molecule has 1 atom stereocenters. The van der Waals surface area contributed by atoms with Gasteiger partial charge in [-0.15, -0.1) is 11.3 Å². The van der Waals surface area contributed by atoms with Gasteiger partial charge in [0.25, 0.3) is 18.2 Å². The lowest BCUT2D eigenvalue weighted by Crippen LogP contribution is -2.47. The number of nitrogens with one attached hydrogen (secondary N) is 2. The first-order valence-electron chi connectivity index (χ1n) is 10.3. The van der Waals surface area contributed by atoms with Crippen LogP contribution in [0.5, 0.6) is 0 Å². The Labute approximate surface area is 199 Å². The largest absolute Gasteiger partial charge is 0.403 e. The van der Waals surface area contributed by atoms with Gasteiger partial charge in [-0.05, 0) is 32.0 Å².